The summed E-state index contributed by atoms with van der Waals surface area (Å²) in [5.41, 5.74) is 1.69. The number of hydrogen-bond donors (Lipinski definition) is 0. The number of alkyl halides is 3. The van der Waals surface area contributed by atoms with E-state index in [4.69, 9.17) is 0 Å². The topological polar surface area (TPSA) is 33.4 Å². The molecule has 0 saturated heterocycles. The van der Waals surface area contributed by atoms with E-state index in [1.54, 1.807) is 21.8 Å². The van der Waals surface area contributed by atoms with Gasteiger partial charge in [0.2, 0.25) is 0 Å². The molecule has 2 aromatic heterocycles. The molecule has 0 bridgehead atoms. The molecule has 0 spiro atoms. The number of aromatic nitrogens is 3. The summed E-state index contributed by atoms with van der Waals surface area (Å²) < 4.78 is 27.1. The molecule has 2 rings (SSSR count). The molecule has 20 heavy (non-hydrogen) atoms. The van der Waals surface area contributed by atoms with E-state index in [0.717, 1.165) is 11.2 Å². The summed E-state index contributed by atoms with van der Waals surface area (Å²) in [5.74, 6) is 0.828. The van der Waals surface area contributed by atoms with Crippen LogP contribution in [0.4, 0.5) is 14.6 Å². The van der Waals surface area contributed by atoms with Gasteiger partial charge in [-0.1, -0.05) is 29.8 Å². The van der Waals surface area contributed by atoms with Crippen LogP contribution >= 0.6 is 15.9 Å². The first-order valence-corrected chi connectivity index (χ1v) is 7.58. The van der Waals surface area contributed by atoms with Crippen LogP contribution in [0.3, 0.4) is 0 Å². The third-order valence-corrected chi connectivity index (χ3v) is 3.35. The number of nitrogens with zero attached hydrogens (tertiary/aromatic N) is 4. The summed E-state index contributed by atoms with van der Waals surface area (Å²) >= 11 is 3.29. The van der Waals surface area contributed by atoms with Crippen LogP contribution in [-0.4, -0.2) is 39.4 Å². The molecule has 0 aliphatic carbocycles. The van der Waals surface area contributed by atoms with Crippen molar-refractivity contribution in [3.05, 3.63) is 24.2 Å². The van der Waals surface area contributed by atoms with Gasteiger partial charge in [0.05, 0.1) is 12.2 Å². The van der Waals surface area contributed by atoms with E-state index in [-0.39, 0.29) is 12.5 Å². The van der Waals surface area contributed by atoms with Crippen LogP contribution in [-0.2, 0) is 0 Å². The quantitative estimate of drug-likeness (QED) is 0.752. The first kappa shape index (κ1) is 15.2. The predicted molar refractivity (Wildman–Crippen MR) is 79.1 cm³/mol. The normalized spacial score (nSPS) is 11.8. The van der Waals surface area contributed by atoms with Crippen molar-refractivity contribution in [1.29, 1.82) is 0 Å². The van der Waals surface area contributed by atoms with Crippen LogP contribution in [0.2, 0.25) is 0 Å². The lowest BCUT2D eigenvalue weighted by Crippen LogP contribution is -2.31. The SMILES string of the molecule is CC(C)c1cc2c(N(CCBr)CC(F)F)nccn2n1. The van der Waals surface area contributed by atoms with Gasteiger partial charge in [-0.2, -0.15) is 5.10 Å². The highest BCUT2D eigenvalue weighted by molar-refractivity contribution is 9.09. The van der Waals surface area contributed by atoms with Crippen LogP contribution in [0, 0.1) is 0 Å². The Kier molecular flexibility index (Phi) is 4.91. The van der Waals surface area contributed by atoms with Gasteiger partial charge >= 0.3 is 0 Å². The summed E-state index contributed by atoms with van der Waals surface area (Å²) in [6.07, 6.45) is 0.925. The molecule has 0 saturated carbocycles. The second-order valence-electron chi connectivity index (χ2n) is 4.83. The maximum absolute atomic E-state index is 12.7. The van der Waals surface area contributed by atoms with E-state index in [1.165, 1.54) is 0 Å². The molecule has 4 nitrogen and oxygen atoms in total. The monoisotopic (exact) mass is 346 g/mol. The molecule has 0 unspecified atom stereocenters. The van der Waals surface area contributed by atoms with Crippen LogP contribution < -0.4 is 4.90 Å². The zero-order valence-corrected chi connectivity index (χ0v) is 13.0. The Morgan fingerprint density at radius 2 is 2.15 bits per heavy atom. The van der Waals surface area contributed by atoms with Crippen LogP contribution in [0.15, 0.2) is 18.5 Å². The molecule has 0 aliphatic rings. The van der Waals surface area contributed by atoms with Gasteiger partial charge in [-0.25, -0.2) is 18.3 Å². The molecule has 0 radical (unpaired) electrons. The Labute approximate surface area is 124 Å². The third-order valence-electron chi connectivity index (χ3n) is 2.99. The van der Waals surface area contributed by atoms with Crippen LogP contribution in [0.25, 0.3) is 5.52 Å². The molecule has 0 fully saturated rings. The summed E-state index contributed by atoms with van der Waals surface area (Å²) in [6, 6.07) is 1.92. The number of rotatable bonds is 6. The van der Waals surface area contributed by atoms with Gasteiger partial charge in [-0.3, -0.25) is 0 Å². The van der Waals surface area contributed by atoms with Gasteiger partial charge in [-0.05, 0) is 12.0 Å². The minimum atomic E-state index is -2.40. The average molecular weight is 347 g/mol. The minimum Gasteiger partial charge on any atom is -0.348 e. The zero-order valence-electron chi connectivity index (χ0n) is 11.4. The number of fused-ring (bicyclic) bond motifs is 1. The number of hydrogen-bond acceptors (Lipinski definition) is 3. The molecule has 0 N–H and O–H groups in total. The van der Waals surface area contributed by atoms with Gasteiger partial charge in [0.25, 0.3) is 6.43 Å². The zero-order chi connectivity index (χ0) is 14.7. The fourth-order valence-electron chi connectivity index (χ4n) is 2.01. The standard InChI is InChI=1S/C13H17BrF2N4/c1-9(2)10-7-11-13(17-4-6-20(11)18-10)19(5-3-14)8-12(15)16/h4,6-7,9,12H,3,5,8H2,1-2H3. The Morgan fingerprint density at radius 3 is 2.75 bits per heavy atom. The van der Waals surface area contributed by atoms with Crippen molar-refractivity contribution in [1.82, 2.24) is 14.6 Å². The van der Waals surface area contributed by atoms with Crippen LogP contribution in [0.1, 0.15) is 25.5 Å². The predicted octanol–water partition coefficient (Wildman–Crippen LogP) is 3.32. The Hall–Kier alpha value is -1.24. The number of halogens is 3. The molecule has 110 valence electrons. The Balaban J connectivity index is 2.45. The van der Waals surface area contributed by atoms with Crippen molar-refractivity contribution in [3.8, 4) is 0 Å². The van der Waals surface area contributed by atoms with E-state index in [2.05, 4.69) is 26.0 Å². The van der Waals surface area contributed by atoms with Gasteiger partial charge in [-0.15, -0.1) is 0 Å². The molecule has 0 aliphatic heterocycles. The Morgan fingerprint density at radius 1 is 1.40 bits per heavy atom. The van der Waals surface area contributed by atoms with Gasteiger partial charge in [0, 0.05) is 24.3 Å². The molecular formula is C13H17BrF2N4. The van der Waals surface area contributed by atoms with Crippen molar-refractivity contribution in [3.63, 3.8) is 0 Å². The fraction of sp³-hybridized carbons (Fsp3) is 0.538. The first-order valence-electron chi connectivity index (χ1n) is 6.46. The van der Waals surface area contributed by atoms with E-state index in [1.807, 2.05) is 19.9 Å². The number of anilines is 1. The van der Waals surface area contributed by atoms with Gasteiger partial charge < -0.3 is 4.90 Å². The van der Waals surface area contributed by atoms with E-state index >= 15 is 0 Å². The smallest absolute Gasteiger partial charge is 0.255 e. The second-order valence-corrected chi connectivity index (χ2v) is 5.62. The van der Waals surface area contributed by atoms with Gasteiger partial charge in [0.1, 0.15) is 5.52 Å². The minimum absolute atomic E-state index is 0.280. The maximum atomic E-state index is 12.7. The van der Waals surface area contributed by atoms with E-state index in [0.29, 0.717) is 17.7 Å². The molecule has 0 aromatic carbocycles. The highest BCUT2D eigenvalue weighted by Gasteiger charge is 2.18. The van der Waals surface area contributed by atoms with Crippen molar-refractivity contribution >= 4 is 27.3 Å². The second kappa shape index (κ2) is 6.47. The highest BCUT2D eigenvalue weighted by Crippen LogP contribution is 2.23. The molecule has 0 atom stereocenters. The summed E-state index contributed by atoms with van der Waals surface area (Å²) in [4.78, 5) is 5.85. The Bertz CT molecular complexity index is 570. The van der Waals surface area contributed by atoms with Crippen molar-refractivity contribution < 1.29 is 8.78 Å². The molecule has 2 heterocycles. The molecule has 0 amide bonds. The lowest BCUT2D eigenvalue weighted by atomic mass is 10.1. The van der Waals surface area contributed by atoms with E-state index < -0.39 is 6.43 Å². The fourth-order valence-corrected chi connectivity index (χ4v) is 2.43. The maximum Gasteiger partial charge on any atom is 0.255 e. The average Bonchev–Trinajstić information content (AvgIpc) is 2.81. The third kappa shape index (κ3) is 3.26. The highest BCUT2D eigenvalue weighted by atomic mass is 79.9. The van der Waals surface area contributed by atoms with Crippen molar-refractivity contribution in [2.24, 2.45) is 0 Å². The first-order chi connectivity index (χ1) is 9.52. The summed E-state index contributed by atoms with van der Waals surface area (Å²) in [7, 11) is 0. The molecule has 2 aromatic rings. The lowest BCUT2D eigenvalue weighted by molar-refractivity contribution is 0.155. The van der Waals surface area contributed by atoms with Gasteiger partial charge in [0.15, 0.2) is 5.82 Å². The molecule has 7 heteroatoms. The van der Waals surface area contributed by atoms with Crippen molar-refractivity contribution in [2.75, 3.05) is 23.3 Å². The summed E-state index contributed by atoms with van der Waals surface area (Å²) in [5, 5.41) is 5.05. The van der Waals surface area contributed by atoms with Crippen LogP contribution in [0.5, 0.6) is 0 Å². The van der Waals surface area contributed by atoms with E-state index in [9.17, 15) is 8.78 Å². The molecular weight excluding hydrogens is 330 g/mol. The summed E-state index contributed by atoms with van der Waals surface area (Å²) in [6.45, 7) is 4.23. The largest absolute Gasteiger partial charge is 0.348 e. The van der Waals surface area contributed by atoms with Crippen molar-refractivity contribution in [2.45, 2.75) is 26.2 Å². The lowest BCUT2D eigenvalue weighted by Gasteiger charge is -2.22.